The van der Waals surface area contributed by atoms with Gasteiger partial charge in [0, 0.05) is 18.6 Å². The summed E-state index contributed by atoms with van der Waals surface area (Å²) in [6.07, 6.45) is 5.63. The van der Waals surface area contributed by atoms with E-state index >= 15 is 0 Å². The second-order valence-electron chi connectivity index (χ2n) is 3.77. The summed E-state index contributed by atoms with van der Waals surface area (Å²) in [5.41, 5.74) is 5.99. The van der Waals surface area contributed by atoms with E-state index in [0.29, 0.717) is 23.9 Å². The minimum absolute atomic E-state index is 0.391. The van der Waals surface area contributed by atoms with Crippen LogP contribution in [0.15, 0.2) is 12.2 Å². The summed E-state index contributed by atoms with van der Waals surface area (Å²) in [7, 11) is 0. The third-order valence-corrected chi connectivity index (χ3v) is 3.06. The maximum absolute atomic E-state index is 5.99. The summed E-state index contributed by atoms with van der Waals surface area (Å²) < 4.78 is 0. The smallest absolute Gasteiger partial charge is 0.0120 e. The van der Waals surface area contributed by atoms with Crippen molar-refractivity contribution in [1.29, 1.82) is 0 Å². The molecule has 0 aromatic heterocycles. The molecule has 4 unspecified atom stereocenters. The van der Waals surface area contributed by atoms with Gasteiger partial charge in [0.2, 0.25) is 0 Å². The molecule has 0 spiro atoms. The lowest BCUT2D eigenvalue weighted by atomic mass is 9.80. The van der Waals surface area contributed by atoms with E-state index in [1.165, 1.54) is 0 Å². The Labute approximate surface area is 67.8 Å². The normalized spacial score (nSPS) is 49.3. The lowest BCUT2D eigenvalue weighted by Gasteiger charge is -2.27. The maximum Gasteiger partial charge on any atom is 0.0120 e. The van der Waals surface area contributed by atoms with Crippen LogP contribution in [0.5, 0.6) is 0 Å². The van der Waals surface area contributed by atoms with Crippen LogP contribution in [0.2, 0.25) is 0 Å². The van der Waals surface area contributed by atoms with Crippen LogP contribution in [0.4, 0.5) is 0 Å². The number of hydrogen-bond acceptors (Lipinski definition) is 2. The predicted octanol–water partition coefficient (Wildman–Crippen LogP) is 0.498. The molecule has 1 aliphatic carbocycles. The highest BCUT2D eigenvalue weighted by Crippen LogP contribution is 2.30. The Hall–Kier alpha value is -0.340. The molecule has 0 bridgehead atoms. The fourth-order valence-electron chi connectivity index (χ4n) is 2.28. The van der Waals surface area contributed by atoms with E-state index in [2.05, 4.69) is 24.4 Å². The molecule has 2 nitrogen and oxygen atoms in total. The summed E-state index contributed by atoms with van der Waals surface area (Å²) in [5.74, 6) is 1.38. The summed E-state index contributed by atoms with van der Waals surface area (Å²) in [5, 5.41) is 3.46. The van der Waals surface area contributed by atoms with E-state index in [1.54, 1.807) is 0 Å². The molecule has 62 valence electrons. The molecule has 2 aliphatic rings. The van der Waals surface area contributed by atoms with Crippen LogP contribution in [0.25, 0.3) is 0 Å². The fourth-order valence-corrected chi connectivity index (χ4v) is 2.28. The van der Waals surface area contributed by atoms with Crippen LogP contribution in [0.3, 0.4) is 0 Å². The molecule has 11 heavy (non-hydrogen) atoms. The highest BCUT2D eigenvalue weighted by Gasteiger charge is 2.36. The zero-order valence-electron chi connectivity index (χ0n) is 6.96. The molecule has 1 saturated heterocycles. The molecule has 0 radical (unpaired) electrons. The first kappa shape index (κ1) is 7.32. The van der Waals surface area contributed by atoms with Crippen molar-refractivity contribution in [3.63, 3.8) is 0 Å². The van der Waals surface area contributed by atoms with Crippen molar-refractivity contribution in [2.45, 2.75) is 25.4 Å². The van der Waals surface area contributed by atoms with E-state index in [1.807, 2.05) is 0 Å². The average Bonchev–Trinajstić information content (AvgIpc) is 2.35. The van der Waals surface area contributed by atoms with Gasteiger partial charge < -0.3 is 11.1 Å². The first-order chi connectivity index (χ1) is 5.29. The maximum atomic E-state index is 5.99. The minimum atomic E-state index is 0.391. The molecular weight excluding hydrogens is 136 g/mol. The van der Waals surface area contributed by atoms with Crippen molar-refractivity contribution in [3.05, 3.63) is 12.2 Å². The molecule has 2 heteroatoms. The van der Waals surface area contributed by atoms with Gasteiger partial charge in [-0.3, -0.25) is 0 Å². The predicted molar refractivity (Wildman–Crippen MR) is 46.2 cm³/mol. The van der Waals surface area contributed by atoms with Crippen molar-refractivity contribution < 1.29 is 0 Å². The van der Waals surface area contributed by atoms with Crippen molar-refractivity contribution in [1.82, 2.24) is 5.32 Å². The SMILES string of the molecule is CC1NCC2C(N)CC=CC12. The van der Waals surface area contributed by atoms with E-state index in [-0.39, 0.29) is 0 Å². The van der Waals surface area contributed by atoms with Gasteiger partial charge >= 0.3 is 0 Å². The summed E-state index contributed by atoms with van der Waals surface area (Å²) in [6.45, 7) is 3.35. The Balaban J connectivity index is 2.17. The number of hydrogen-bond donors (Lipinski definition) is 2. The monoisotopic (exact) mass is 152 g/mol. The largest absolute Gasteiger partial charge is 0.327 e. The molecule has 1 heterocycles. The number of fused-ring (bicyclic) bond motifs is 1. The molecule has 0 aromatic rings. The number of rotatable bonds is 0. The van der Waals surface area contributed by atoms with Crippen LogP contribution in [0.1, 0.15) is 13.3 Å². The first-order valence-corrected chi connectivity index (χ1v) is 4.44. The first-order valence-electron chi connectivity index (χ1n) is 4.44. The summed E-state index contributed by atoms with van der Waals surface area (Å²) >= 11 is 0. The Morgan fingerprint density at radius 1 is 1.55 bits per heavy atom. The van der Waals surface area contributed by atoms with Crippen LogP contribution >= 0.6 is 0 Å². The van der Waals surface area contributed by atoms with Gasteiger partial charge in [0.05, 0.1) is 0 Å². The summed E-state index contributed by atoms with van der Waals surface area (Å²) in [6, 6.07) is 1.02. The van der Waals surface area contributed by atoms with Crippen molar-refractivity contribution in [2.24, 2.45) is 17.6 Å². The minimum Gasteiger partial charge on any atom is -0.327 e. The molecule has 0 amide bonds. The van der Waals surface area contributed by atoms with Gasteiger partial charge in [0.1, 0.15) is 0 Å². The van der Waals surface area contributed by atoms with E-state index in [9.17, 15) is 0 Å². The van der Waals surface area contributed by atoms with Gasteiger partial charge in [-0.25, -0.2) is 0 Å². The molecule has 4 atom stereocenters. The van der Waals surface area contributed by atoms with Crippen molar-refractivity contribution in [3.8, 4) is 0 Å². The molecule has 1 fully saturated rings. The summed E-state index contributed by atoms with van der Waals surface area (Å²) in [4.78, 5) is 0. The topological polar surface area (TPSA) is 38.0 Å². The zero-order chi connectivity index (χ0) is 7.84. The molecule has 0 aromatic carbocycles. The third-order valence-electron chi connectivity index (χ3n) is 3.06. The fraction of sp³-hybridized carbons (Fsp3) is 0.778. The van der Waals surface area contributed by atoms with E-state index in [4.69, 9.17) is 5.73 Å². The van der Waals surface area contributed by atoms with Gasteiger partial charge in [-0.15, -0.1) is 0 Å². The molecule has 0 saturated carbocycles. The van der Waals surface area contributed by atoms with E-state index in [0.717, 1.165) is 13.0 Å². The lowest BCUT2D eigenvalue weighted by molar-refractivity contribution is 0.361. The highest BCUT2D eigenvalue weighted by molar-refractivity contribution is 5.09. The average molecular weight is 152 g/mol. The van der Waals surface area contributed by atoms with E-state index < -0.39 is 0 Å². The van der Waals surface area contributed by atoms with Crippen molar-refractivity contribution >= 4 is 0 Å². The second kappa shape index (κ2) is 2.61. The number of nitrogens with two attached hydrogens (primary N) is 1. The standard InChI is InChI=1S/C9H16N2/c1-6-7-3-2-4-9(10)8(7)5-11-6/h2-3,6-9,11H,4-5,10H2,1H3. The Kier molecular flexibility index (Phi) is 1.74. The van der Waals surface area contributed by atoms with Gasteiger partial charge in [-0.2, -0.15) is 0 Å². The number of nitrogens with one attached hydrogen (secondary N) is 1. The van der Waals surface area contributed by atoms with Crippen LogP contribution in [0, 0.1) is 11.8 Å². The Morgan fingerprint density at radius 2 is 2.36 bits per heavy atom. The van der Waals surface area contributed by atoms with Crippen LogP contribution in [-0.2, 0) is 0 Å². The molecule has 1 aliphatic heterocycles. The Bertz CT molecular complexity index is 176. The Morgan fingerprint density at radius 3 is 3.09 bits per heavy atom. The second-order valence-corrected chi connectivity index (χ2v) is 3.77. The van der Waals surface area contributed by atoms with Crippen molar-refractivity contribution in [2.75, 3.05) is 6.54 Å². The van der Waals surface area contributed by atoms with Gasteiger partial charge in [-0.05, 0) is 25.2 Å². The molecule has 2 rings (SSSR count). The molecular formula is C9H16N2. The van der Waals surface area contributed by atoms with Gasteiger partial charge in [0.15, 0.2) is 0 Å². The zero-order valence-corrected chi connectivity index (χ0v) is 6.96. The lowest BCUT2D eigenvalue weighted by Crippen LogP contribution is -2.36. The van der Waals surface area contributed by atoms with Gasteiger partial charge in [0.25, 0.3) is 0 Å². The molecule has 3 N–H and O–H groups in total. The quantitative estimate of drug-likeness (QED) is 0.496. The highest BCUT2D eigenvalue weighted by atomic mass is 15.0. The third kappa shape index (κ3) is 1.10. The van der Waals surface area contributed by atoms with Crippen LogP contribution < -0.4 is 11.1 Å². The van der Waals surface area contributed by atoms with Crippen LogP contribution in [-0.4, -0.2) is 18.6 Å². The van der Waals surface area contributed by atoms with Gasteiger partial charge in [-0.1, -0.05) is 12.2 Å².